The molecule has 0 spiro atoms. The summed E-state index contributed by atoms with van der Waals surface area (Å²) < 4.78 is 23.1. The lowest BCUT2D eigenvalue weighted by atomic mass is 10.2. The predicted octanol–water partition coefficient (Wildman–Crippen LogP) is 2.51. The molecule has 0 radical (unpaired) electrons. The number of urea groups is 1. The number of carbonyl (C=O) groups is 1. The average molecular weight is 345 g/mol. The van der Waals surface area contributed by atoms with Gasteiger partial charge in [-0.3, -0.25) is 0 Å². The van der Waals surface area contributed by atoms with Gasteiger partial charge in [-0.25, -0.2) is 13.2 Å². The number of carbonyl (C=O) groups excluding carboxylic acids is 1. The zero-order valence-corrected chi connectivity index (χ0v) is 15.2. The number of aryl methyl sites for hydroxylation is 2. The minimum atomic E-state index is -3.07. The first-order valence-corrected chi connectivity index (χ1v) is 10.3. The topological polar surface area (TPSA) is 66.5 Å². The van der Waals surface area contributed by atoms with Crippen LogP contribution in [-0.2, 0) is 16.3 Å². The quantitative estimate of drug-likeness (QED) is 0.912. The van der Waals surface area contributed by atoms with Crippen molar-refractivity contribution in [3.8, 4) is 0 Å². The van der Waals surface area contributed by atoms with Crippen molar-refractivity contribution in [3.63, 3.8) is 0 Å². The van der Waals surface area contributed by atoms with Gasteiger partial charge >= 0.3 is 6.03 Å². The van der Waals surface area contributed by atoms with Crippen molar-refractivity contribution < 1.29 is 13.2 Å². The maximum Gasteiger partial charge on any atom is 0.317 e. The lowest BCUT2D eigenvalue weighted by Crippen LogP contribution is -2.40. The number of rotatable bonds is 4. The predicted molar refractivity (Wildman–Crippen MR) is 90.2 cm³/mol. The molecule has 0 saturated carbocycles. The van der Waals surface area contributed by atoms with Crippen LogP contribution in [0, 0.1) is 6.92 Å². The van der Waals surface area contributed by atoms with Crippen molar-refractivity contribution in [1.82, 2.24) is 10.2 Å². The van der Waals surface area contributed by atoms with Crippen LogP contribution in [0.2, 0.25) is 0 Å². The molecule has 22 heavy (non-hydrogen) atoms. The molecule has 2 amide bonds. The fourth-order valence-electron chi connectivity index (χ4n) is 2.72. The van der Waals surface area contributed by atoms with E-state index in [1.54, 1.807) is 16.2 Å². The lowest BCUT2D eigenvalue weighted by molar-refractivity contribution is 0.205. The fraction of sp³-hybridized carbons (Fsp3) is 0.667. The van der Waals surface area contributed by atoms with Crippen molar-refractivity contribution in [2.24, 2.45) is 0 Å². The minimum absolute atomic E-state index is 0.0613. The first-order valence-electron chi connectivity index (χ1n) is 7.55. The van der Waals surface area contributed by atoms with Crippen molar-refractivity contribution in [3.05, 3.63) is 21.4 Å². The second-order valence-corrected chi connectivity index (χ2v) is 9.46. The molecule has 1 aliphatic rings. The molecule has 124 valence electrons. The zero-order chi connectivity index (χ0) is 16.5. The molecule has 1 saturated heterocycles. The van der Waals surface area contributed by atoms with Gasteiger partial charge in [0.2, 0.25) is 0 Å². The lowest BCUT2D eigenvalue weighted by Gasteiger charge is -2.20. The van der Waals surface area contributed by atoms with Crippen LogP contribution in [0.25, 0.3) is 0 Å². The maximum atomic E-state index is 12.3. The molecule has 0 aliphatic carbocycles. The SMILES string of the molecule is CCc1sc([C@H](C)NC(=O)N2CC[C@@H](S(C)(=O)=O)C2)cc1C. The molecule has 7 heteroatoms. The Kier molecular flexibility index (Phi) is 5.17. The van der Waals surface area contributed by atoms with E-state index in [0.29, 0.717) is 19.5 Å². The third-order valence-corrected chi connectivity index (χ3v) is 7.33. The largest absolute Gasteiger partial charge is 0.331 e. The molecular weight excluding hydrogens is 320 g/mol. The molecule has 1 aliphatic heterocycles. The van der Waals surface area contributed by atoms with Crippen LogP contribution in [0.4, 0.5) is 4.79 Å². The normalized spacial score (nSPS) is 20.2. The highest BCUT2D eigenvalue weighted by molar-refractivity contribution is 7.91. The number of thiophene rings is 1. The van der Waals surface area contributed by atoms with Gasteiger partial charge in [0.05, 0.1) is 11.3 Å². The first-order chi connectivity index (χ1) is 10.2. The van der Waals surface area contributed by atoms with E-state index in [1.165, 1.54) is 16.7 Å². The van der Waals surface area contributed by atoms with Gasteiger partial charge < -0.3 is 10.2 Å². The van der Waals surface area contributed by atoms with Crippen LogP contribution in [0.15, 0.2) is 6.07 Å². The van der Waals surface area contributed by atoms with Crippen molar-refractivity contribution in [1.29, 1.82) is 0 Å². The van der Waals surface area contributed by atoms with Crippen LogP contribution >= 0.6 is 11.3 Å². The minimum Gasteiger partial charge on any atom is -0.331 e. The van der Waals surface area contributed by atoms with E-state index in [2.05, 4.69) is 25.2 Å². The summed E-state index contributed by atoms with van der Waals surface area (Å²) in [6.07, 6.45) is 2.76. The first kappa shape index (κ1) is 17.3. The van der Waals surface area contributed by atoms with Crippen molar-refractivity contribution in [2.45, 2.75) is 44.9 Å². The van der Waals surface area contributed by atoms with Crippen molar-refractivity contribution >= 4 is 27.2 Å². The third kappa shape index (κ3) is 3.81. The highest BCUT2D eigenvalue weighted by atomic mass is 32.2. The van der Waals surface area contributed by atoms with Gasteiger partial charge in [0.1, 0.15) is 0 Å². The Morgan fingerprint density at radius 1 is 1.55 bits per heavy atom. The van der Waals surface area contributed by atoms with E-state index < -0.39 is 15.1 Å². The van der Waals surface area contributed by atoms with Gasteiger partial charge in [0.25, 0.3) is 0 Å². The number of hydrogen-bond acceptors (Lipinski definition) is 4. The Morgan fingerprint density at radius 3 is 2.73 bits per heavy atom. The van der Waals surface area contributed by atoms with Gasteiger partial charge in [0, 0.05) is 29.1 Å². The summed E-state index contributed by atoms with van der Waals surface area (Å²) in [4.78, 5) is 16.4. The van der Waals surface area contributed by atoms with Gasteiger partial charge in [-0.05, 0) is 38.3 Å². The third-order valence-electron chi connectivity index (χ3n) is 4.17. The summed E-state index contributed by atoms with van der Waals surface area (Å²) in [5.74, 6) is 0. The summed E-state index contributed by atoms with van der Waals surface area (Å²) in [5.41, 5.74) is 1.27. The smallest absolute Gasteiger partial charge is 0.317 e. The van der Waals surface area contributed by atoms with Crippen LogP contribution in [-0.4, -0.2) is 43.9 Å². The molecular formula is C15H24N2O3S2. The molecule has 2 rings (SSSR count). The highest BCUT2D eigenvalue weighted by Crippen LogP contribution is 2.27. The van der Waals surface area contributed by atoms with Crippen LogP contribution in [0.5, 0.6) is 0 Å². The van der Waals surface area contributed by atoms with Crippen LogP contribution < -0.4 is 5.32 Å². The molecule has 0 unspecified atom stereocenters. The van der Waals surface area contributed by atoms with Gasteiger partial charge in [0.15, 0.2) is 9.84 Å². The number of nitrogens with zero attached hydrogens (tertiary/aromatic N) is 1. The Bertz CT molecular complexity index is 652. The van der Waals surface area contributed by atoms with E-state index in [-0.39, 0.29) is 12.1 Å². The molecule has 2 atom stereocenters. The molecule has 1 aromatic heterocycles. The number of hydrogen-bond donors (Lipinski definition) is 1. The summed E-state index contributed by atoms with van der Waals surface area (Å²) in [6.45, 7) is 6.97. The molecule has 0 aromatic carbocycles. The maximum absolute atomic E-state index is 12.3. The Morgan fingerprint density at radius 2 is 2.23 bits per heavy atom. The van der Waals surface area contributed by atoms with E-state index in [9.17, 15) is 13.2 Å². The Labute approximate surface area is 136 Å². The van der Waals surface area contributed by atoms with Crippen LogP contribution in [0.3, 0.4) is 0 Å². The molecule has 0 bridgehead atoms. The fourth-order valence-corrected chi connectivity index (χ4v) is 4.82. The molecule has 5 nitrogen and oxygen atoms in total. The van der Waals surface area contributed by atoms with Crippen molar-refractivity contribution in [2.75, 3.05) is 19.3 Å². The average Bonchev–Trinajstić information content (AvgIpc) is 3.04. The highest BCUT2D eigenvalue weighted by Gasteiger charge is 2.33. The molecule has 1 aromatic rings. The summed E-state index contributed by atoms with van der Waals surface area (Å²) in [7, 11) is -3.07. The summed E-state index contributed by atoms with van der Waals surface area (Å²) in [6, 6.07) is 1.88. The number of amides is 2. The Balaban J connectivity index is 1.97. The standard InChI is InChI=1S/C15H24N2O3S2/c1-5-13-10(2)8-14(21-13)11(3)16-15(18)17-7-6-12(9-17)22(4,19)20/h8,11-12H,5-7,9H2,1-4H3,(H,16,18)/t11-,12+/m0/s1. The molecule has 1 N–H and O–H groups in total. The zero-order valence-electron chi connectivity index (χ0n) is 13.5. The summed E-state index contributed by atoms with van der Waals surface area (Å²) >= 11 is 1.73. The monoisotopic (exact) mass is 344 g/mol. The van der Waals surface area contributed by atoms with Gasteiger partial charge in [-0.15, -0.1) is 11.3 Å². The van der Waals surface area contributed by atoms with E-state index >= 15 is 0 Å². The van der Waals surface area contributed by atoms with Gasteiger partial charge in [-0.2, -0.15) is 0 Å². The second-order valence-electron chi connectivity index (χ2n) is 5.97. The van der Waals surface area contributed by atoms with Crippen LogP contribution in [0.1, 0.15) is 41.6 Å². The van der Waals surface area contributed by atoms with E-state index in [1.807, 2.05) is 6.92 Å². The number of nitrogens with one attached hydrogen (secondary N) is 1. The summed E-state index contributed by atoms with van der Waals surface area (Å²) in [5, 5.41) is 2.55. The van der Waals surface area contributed by atoms with Gasteiger partial charge in [-0.1, -0.05) is 6.92 Å². The number of sulfone groups is 1. The second kappa shape index (κ2) is 6.58. The van der Waals surface area contributed by atoms with E-state index in [4.69, 9.17) is 0 Å². The Hall–Kier alpha value is -1.08. The van der Waals surface area contributed by atoms with E-state index in [0.717, 1.165) is 11.3 Å². The molecule has 1 fully saturated rings. The molecule has 2 heterocycles. The number of likely N-dealkylation sites (tertiary alicyclic amines) is 1.